The van der Waals surface area contributed by atoms with Crippen LogP contribution >= 0.6 is 23.2 Å². The fraction of sp³-hybridized carbons (Fsp3) is 0.417. The van der Waals surface area contributed by atoms with E-state index in [9.17, 15) is 18.0 Å². The molecule has 0 fully saturated rings. The molecule has 4 nitrogen and oxygen atoms in total. The van der Waals surface area contributed by atoms with Gasteiger partial charge in [0.2, 0.25) is 5.91 Å². The van der Waals surface area contributed by atoms with Gasteiger partial charge in [0.15, 0.2) is 6.10 Å². The van der Waals surface area contributed by atoms with E-state index >= 15 is 0 Å². The maximum absolute atomic E-state index is 12.2. The first kappa shape index (κ1) is 18.0. The van der Waals surface area contributed by atoms with Crippen molar-refractivity contribution < 1.29 is 23.1 Å². The van der Waals surface area contributed by atoms with Crippen molar-refractivity contribution in [2.75, 3.05) is 25.5 Å². The molecular weight excluding hydrogens is 332 g/mol. The summed E-state index contributed by atoms with van der Waals surface area (Å²) in [7, 11) is 1.28. The molecule has 0 spiro atoms. The Morgan fingerprint density at radius 2 is 1.90 bits per heavy atom. The van der Waals surface area contributed by atoms with Crippen molar-refractivity contribution in [1.29, 1.82) is 0 Å². The van der Waals surface area contributed by atoms with Gasteiger partial charge in [0, 0.05) is 6.54 Å². The number of benzene rings is 1. The smallest absolute Gasteiger partial charge is 0.382 e. The summed E-state index contributed by atoms with van der Waals surface area (Å²) in [6.45, 7) is -1.07. The molecule has 1 aromatic carbocycles. The van der Waals surface area contributed by atoms with Gasteiger partial charge in [-0.15, -0.1) is 0 Å². The molecule has 2 N–H and O–H groups in total. The van der Waals surface area contributed by atoms with E-state index in [0.29, 0.717) is 0 Å². The highest BCUT2D eigenvalue weighted by molar-refractivity contribution is 6.39. The van der Waals surface area contributed by atoms with Crippen molar-refractivity contribution in [2.45, 2.75) is 12.3 Å². The molecule has 1 amide bonds. The number of carbonyl (C=O) groups is 1. The van der Waals surface area contributed by atoms with Gasteiger partial charge in [0.25, 0.3) is 0 Å². The number of hydrogen-bond donors (Lipinski definition) is 2. The van der Waals surface area contributed by atoms with Gasteiger partial charge in [-0.1, -0.05) is 29.3 Å². The van der Waals surface area contributed by atoms with Crippen LogP contribution in [0.2, 0.25) is 10.0 Å². The first-order chi connectivity index (χ1) is 9.61. The topological polar surface area (TPSA) is 52.6 Å². The van der Waals surface area contributed by atoms with Gasteiger partial charge in [-0.2, -0.15) is 13.2 Å². The molecule has 0 aliphatic carbocycles. The molecule has 0 aliphatic rings. The fourth-order valence-electron chi connectivity index (χ4n) is 1.50. The van der Waals surface area contributed by atoms with E-state index in [2.05, 4.69) is 5.32 Å². The number of carbonyl (C=O) groups excluding carboxylic acids is 1. The number of hydrogen-bond acceptors (Lipinski definition) is 3. The predicted octanol–water partition coefficient (Wildman–Crippen LogP) is 2.79. The summed E-state index contributed by atoms with van der Waals surface area (Å²) in [6.07, 6.45) is -7.24. The standard InChI is InChI=1S/C12H13Cl2F3N2O2/c1-19(5-9(20)12(15,16)17)6-10(21)18-11-7(13)3-2-4-8(11)14/h2-4,9,20H,5-6H2,1H3,(H,18,21). The Bertz CT molecular complexity index is 492. The number of nitrogens with zero attached hydrogens (tertiary/aromatic N) is 1. The second-order valence-electron chi connectivity index (χ2n) is 4.40. The highest BCUT2D eigenvalue weighted by atomic mass is 35.5. The molecule has 1 aromatic rings. The summed E-state index contributed by atoms with van der Waals surface area (Å²) in [4.78, 5) is 12.8. The first-order valence-corrected chi connectivity index (χ1v) is 6.54. The van der Waals surface area contributed by atoms with Gasteiger partial charge in [-0.25, -0.2) is 0 Å². The number of amides is 1. The van der Waals surface area contributed by atoms with Crippen molar-refractivity contribution >= 4 is 34.8 Å². The lowest BCUT2D eigenvalue weighted by Crippen LogP contribution is -2.42. The van der Waals surface area contributed by atoms with Crippen LogP contribution in [0.15, 0.2) is 18.2 Å². The van der Waals surface area contributed by atoms with Crippen molar-refractivity contribution in [3.8, 4) is 0 Å². The third-order valence-electron chi connectivity index (χ3n) is 2.50. The number of halogens is 5. The lowest BCUT2D eigenvalue weighted by molar-refractivity contribution is -0.207. The average molecular weight is 345 g/mol. The van der Waals surface area contributed by atoms with Gasteiger partial charge < -0.3 is 10.4 Å². The van der Waals surface area contributed by atoms with Crippen molar-refractivity contribution in [1.82, 2.24) is 4.90 Å². The summed E-state index contributed by atoms with van der Waals surface area (Å²) < 4.78 is 36.6. The van der Waals surface area contributed by atoms with Crippen LogP contribution in [0.4, 0.5) is 18.9 Å². The number of alkyl halides is 3. The highest BCUT2D eigenvalue weighted by Crippen LogP contribution is 2.29. The van der Waals surface area contributed by atoms with E-state index in [0.717, 1.165) is 4.90 Å². The quantitative estimate of drug-likeness (QED) is 0.863. The molecule has 9 heteroatoms. The maximum Gasteiger partial charge on any atom is 0.415 e. The van der Waals surface area contributed by atoms with E-state index in [1.54, 1.807) is 6.07 Å². The van der Waals surface area contributed by atoms with Crippen LogP contribution in [-0.2, 0) is 4.79 Å². The van der Waals surface area contributed by atoms with Crippen molar-refractivity contribution in [3.63, 3.8) is 0 Å². The van der Waals surface area contributed by atoms with E-state index in [-0.39, 0.29) is 22.3 Å². The predicted molar refractivity (Wildman–Crippen MR) is 74.7 cm³/mol. The summed E-state index contributed by atoms with van der Waals surface area (Å²) in [5, 5.41) is 11.8. The van der Waals surface area contributed by atoms with Crippen LogP contribution in [0.25, 0.3) is 0 Å². The molecule has 0 saturated carbocycles. The molecule has 0 aliphatic heterocycles. The van der Waals surface area contributed by atoms with Crippen LogP contribution in [0, 0.1) is 0 Å². The van der Waals surface area contributed by atoms with Crippen LogP contribution in [0.1, 0.15) is 0 Å². The van der Waals surface area contributed by atoms with E-state index < -0.39 is 24.7 Å². The molecule has 0 saturated heterocycles. The molecule has 0 bridgehead atoms. The van der Waals surface area contributed by atoms with Crippen LogP contribution in [-0.4, -0.2) is 48.3 Å². The zero-order valence-corrected chi connectivity index (χ0v) is 12.4. The second-order valence-corrected chi connectivity index (χ2v) is 5.21. The molecular formula is C12H13Cl2F3N2O2. The van der Waals surface area contributed by atoms with Crippen LogP contribution in [0.3, 0.4) is 0 Å². The normalized spacial score (nSPS) is 13.3. The third-order valence-corrected chi connectivity index (χ3v) is 3.13. The van der Waals surface area contributed by atoms with Gasteiger partial charge in [0.05, 0.1) is 22.3 Å². The second kappa shape index (κ2) is 7.31. The molecule has 1 unspecified atom stereocenters. The van der Waals surface area contributed by atoms with Crippen molar-refractivity contribution in [2.24, 2.45) is 0 Å². The minimum atomic E-state index is -4.73. The molecule has 1 atom stereocenters. The fourth-order valence-corrected chi connectivity index (χ4v) is 2.00. The first-order valence-electron chi connectivity index (χ1n) is 5.78. The molecule has 0 radical (unpaired) electrons. The summed E-state index contributed by atoms with van der Waals surface area (Å²) in [6, 6.07) is 4.62. The minimum absolute atomic E-state index is 0.190. The maximum atomic E-state index is 12.2. The van der Waals surface area contributed by atoms with Crippen LogP contribution in [0.5, 0.6) is 0 Å². The van der Waals surface area contributed by atoms with E-state index in [1.165, 1.54) is 19.2 Å². The number of aliphatic hydroxyl groups excluding tert-OH is 1. The summed E-state index contributed by atoms with van der Waals surface area (Å²) in [5.41, 5.74) is 0.190. The Morgan fingerprint density at radius 1 is 1.38 bits per heavy atom. The van der Waals surface area contributed by atoms with E-state index in [4.69, 9.17) is 28.3 Å². The molecule has 1 rings (SSSR count). The minimum Gasteiger partial charge on any atom is -0.382 e. The molecule has 0 heterocycles. The number of rotatable bonds is 5. The number of aliphatic hydroxyl groups is 1. The third kappa shape index (κ3) is 5.70. The average Bonchev–Trinajstić information content (AvgIpc) is 2.32. The molecule has 118 valence electrons. The Hall–Kier alpha value is -1.02. The highest BCUT2D eigenvalue weighted by Gasteiger charge is 2.38. The number of anilines is 1. The number of likely N-dealkylation sites (N-methyl/N-ethyl adjacent to an activating group) is 1. The van der Waals surface area contributed by atoms with Crippen molar-refractivity contribution in [3.05, 3.63) is 28.2 Å². The monoisotopic (exact) mass is 344 g/mol. The molecule has 0 aromatic heterocycles. The zero-order chi connectivity index (χ0) is 16.2. The molecule has 21 heavy (non-hydrogen) atoms. The lowest BCUT2D eigenvalue weighted by Gasteiger charge is -2.21. The summed E-state index contributed by atoms with van der Waals surface area (Å²) >= 11 is 11.7. The van der Waals surface area contributed by atoms with Gasteiger partial charge in [-0.05, 0) is 19.2 Å². The summed E-state index contributed by atoms with van der Waals surface area (Å²) in [5.74, 6) is -0.595. The largest absolute Gasteiger partial charge is 0.415 e. The van der Waals surface area contributed by atoms with Gasteiger partial charge in [0.1, 0.15) is 0 Å². The number of para-hydroxylation sites is 1. The Kier molecular flexibility index (Phi) is 6.27. The van der Waals surface area contributed by atoms with Crippen LogP contribution < -0.4 is 5.32 Å². The Balaban J connectivity index is 2.58. The van der Waals surface area contributed by atoms with Gasteiger partial charge in [-0.3, -0.25) is 9.69 Å². The zero-order valence-electron chi connectivity index (χ0n) is 10.9. The number of nitrogens with one attached hydrogen (secondary N) is 1. The lowest BCUT2D eigenvalue weighted by atomic mass is 10.3. The van der Waals surface area contributed by atoms with E-state index in [1.807, 2.05) is 0 Å². The Labute approximate surface area is 129 Å². The SMILES string of the molecule is CN(CC(=O)Nc1c(Cl)cccc1Cl)CC(O)C(F)(F)F. The Morgan fingerprint density at radius 3 is 2.38 bits per heavy atom. The van der Waals surface area contributed by atoms with Gasteiger partial charge >= 0.3 is 6.18 Å².